The first kappa shape index (κ1) is 30.0. The molecule has 0 saturated carbocycles. The Morgan fingerprint density at radius 3 is 1.89 bits per heavy atom. The van der Waals surface area contributed by atoms with E-state index in [-0.39, 0.29) is 12.1 Å². The van der Waals surface area contributed by atoms with Crippen molar-refractivity contribution < 1.29 is 9.59 Å². The summed E-state index contributed by atoms with van der Waals surface area (Å²) in [5, 5.41) is 8.18. The highest BCUT2D eigenvalue weighted by molar-refractivity contribution is 6.05. The number of hydrogen-bond acceptors (Lipinski definition) is 4. The van der Waals surface area contributed by atoms with Gasteiger partial charge in [-0.15, -0.1) is 0 Å². The monoisotopic (exact) mass is 626 g/mol. The second kappa shape index (κ2) is 12.6. The molecule has 4 amide bonds. The van der Waals surface area contributed by atoms with E-state index in [9.17, 15) is 9.59 Å². The number of urea groups is 2. The third-order valence-corrected chi connectivity index (χ3v) is 9.03. The zero-order valence-corrected chi connectivity index (χ0v) is 26.9. The Balaban J connectivity index is 0.000000150. The highest BCUT2D eigenvalue weighted by atomic mass is 16.2. The Labute approximate surface area is 273 Å². The van der Waals surface area contributed by atoms with Gasteiger partial charge in [0.1, 0.15) is 0 Å². The van der Waals surface area contributed by atoms with Crippen LogP contribution in [0.1, 0.15) is 30.2 Å². The Kier molecular flexibility index (Phi) is 8.07. The summed E-state index contributed by atoms with van der Waals surface area (Å²) < 4.78 is 4.47. The van der Waals surface area contributed by atoms with E-state index in [2.05, 4.69) is 93.2 Å². The molecule has 0 unspecified atom stereocenters. The van der Waals surface area contributed by atoms with Crippen LogP contribution in [0.25, 0.3) is 21.8 Å². The van der Waals surface area contributed by atoms with Crippen molar-refractivity contribution in [2.45, 2.75) is 39.7 Å². The van der Waals surface area contributed by atoms with E-state index in [0.717, 1.165) is 37.2 Å². The molecule has 0 fully saturated rings. The minimum Gasteiger partial charge on any atom is -0.348 e. The molecule has 0 aliphatic carbocycles. The third-order valence-electron chi connectivity index (χ3n) is 9.03. The standard InChI is InChI=1S/C19H20N4O.C18H18N4O/c1-2-8-22-9-5-14-12-18-15(11-17(14)22)6-10-23(18)19(24)21-16-4-3-7-20-13-16;1-12-8-14-10-17-13(9-16(14)21(12)2)5-7-22(17)18(23)20-15-4-3-6-19-11-15/h3-5,7,9,11-13H,2,6,8,10H2,1H3,(H,21,24);3-4,6,8-11H,5,7H2,1-2H3,(H,20,23). The fourth-order valence-electron chi connectivity index (χ4n) is 6.54. The minimum absolute atomic E-state index is 0.103. The molecule has 0 saturated heterocycles. The van der Waals surface area contributed by atoms with Crippen LogP contribution in [-0.2, 0) is 26.4 Å². The van der Waals surface area contributed by atoms with Crippen molar-refractivity contribution in [3.05, 3.63) is 108 Å². The molecule has 0 radical (unpaired) electrons. The van der Waals surface area contributed by atoms with Gasteiger partial charge in [0.25, 0.3) is 0 Å². The first-order valence-corrected chi connectivity index (χ1v) is 16.1. The fraction of sp³-hybridized carbons (Fsp3) is 0.243. The number of hydrogen-bond donors (Lipinski definition) is 2. The molecule has 10 nitrogen and oxygen atoms in total. The van der Waals surface area contributed by atoms with E-state index in [1.165, 1.54) is 38.6 Å². The molecule has 8 rings (SSSR count). The van der Waals surface area contributed by atoms with E-state index >= 15 is 0 Å². The molecule has 47 heavy (non-hydrogen) atoms. The van der Waals surface area contributed by atoms with Crippen molar-refractivity contribution in [2.75, 3.05) is 33.5 Å². The number of aromatic nitrogens is 4. The molecule has 4 aromatic heterocycles. The molecule has 0 bridgehead atoms. The predicted molar refractivity (Wildman–Crippen MR) is 188 cm³/mol. The van der Waals surface area contributed by atoms with Crippen molar-refractivity contribution in [1.82, 2.24) is 19.1 Å². The first-order chi connectivity index (χ1) is 22.9. The number of pyridine rings is 2. The molecule has 238 valence electrons. The zero-order chi connectivity index (χ0) is 32.5. The van der Waals surface area contributed by atoms with Gasteiger partial charge in [-0.3, -0.25) is 19.8 Å². The second-order valence-electron chi connectivity index (χ2n) is 12.1. The molecule has 6 aromatic rings. The number of fused-ring (bicyclic) bond motifs is 4. The second-order valence-corrected chi connectivity index (χ2v) is 12.1. The number of aryl methyl sites for hydroxylation is 3. The predicted octanol–water partition coefficient (Wildman–Crippen LogP) is 7.52. The first-order valence-electron chi connectivity index (χ1n) is 16.1. The van der Waals surface area contributed by atoms with Gasteiger partial charge in [0.2, 0.25) is 0 Å². The van der Waals surface area contributed by atoms with Crippen LogP contribution in [0, 0.1) is 6.92 Å². The Morgan fingerprint density at radius 1 is 0.766 bits per heavy atom. The average molecular weight is 627 g/mol. The maximum absolute atomic E-state index is 12.6. The van der Waals surface area contributed by atoms with Crippen molar-refractivity contribution >= 4 is 56.6 Å². The number of amides is 4. The molecule has 2 aliphatic heterocycles. The molecular formula is C37H38N8O2. The van der Waals surface area contributed by atoms with Crippen LogP contribution >= 0.6 is 0 Å². The zero-order valence-electron chi connectivity index (χ0n) is 26.9. The average Bonchev–Trinajstić information content (AvgIpc) is 3.86. The van der Waals surface area contributed by atoms with Gasteiger partial charge in [0.15, 0.2) is 0 Å². The lowest BCUT2D eigenvalue weighted by atomic mass is 10.1. The summed E-state index contributed by atoms with van der Waals surface area (Å²) in [6.07, 6.45) is 11.7. The highest BCUT2D eigenvalue weighted by Crippen LogP contribution is 2.35. The van der Waals surface area contributed by atoms with Gasteiger partial charge >= 0.3 is 12.1 Å². The van der Waals surface area contributed by atoms with E-state index in [1.54, 1.807) is 24.8 Å². The Hall–Kier alpha value is -5.64. The van der Waals surface area contributed by atoms with Gasteiger partial charge < -0.3 is 19.8 Å². The number of nitrogens with zero attached hydrogens (tertiary/aromatic N) is 6. The topological polar surface area (TPSA) is 100 Å². The summed E-state index contributed by atoms with van der Waals surface area (Å²) in [4.78, 5) is 36.9. The summed E-state index contributed by atoms with van der Waals surface area (Å²) in [6, 6.07) is 20.1. The van der Waals surface area contributed by atoms with Gasteiger partial charge in [0.05, 0.1) is 23.8 Å². The van der Waals surface area contributed by atoms with Crippen molar-refractivity contribution in [3.8, 4) is 0 Å². The van der Waals surface area contributed by atoms with Crippen molar-refractivity contribution in [3.63, 3.8) is 0 Å². The highest BCUT2D eigenvalue weighted by Gasteiger charge is 2.27. The summed E-state index contributed by atoms with van der Waals surface area (Å²) in [5.74, 6) is 0. The summed E-state index contributed by atoms with van der Waals surface area (Å²) in [6.45, 7) is 6.72. The Bertz CT molecular complexity index is 2080. The van der Waals surface area contributed by atoms with Crippen LogP contribution in [0.5, 0.6) is 0 Å². The number of carbonyl (C=O) groups is 2. The number of anilines is 4. The van der Waals surface area contributed by atoms with Crippen molar-refractivity contribution in [1.29, 1.82) is 0 Å². The van der Waals surface area contributed by atoms with Crippen LogP contribution in [0.2, 0.25) is 0 Å². The molecule has 0 spiro atoms. The number of rotatable bonds is 4. The molecular weight excluding hydrogens is 588 g/mol. The van der Waals surface area contributed by atoms with E-state index in [0.29, 0.717) is 24.5 Å². The van der Waals surface area contributed by atoms with Crippen LogP contribution < -0.4 is 20.4 Å². The quantitative estimate of drug-likeness (QED) is 0.211. The van der Waals surface area contributed by atoms with Crippen LogP contribution in [0.4, 0.5) is 32.3 Å². The largest absolute Gasteiger partial charge is 0.348 e. The van der Waals surface area contributed by atoms with Crippen molar-refractivity contribution in [2.24, 2.45) is 7.05 Å². The molecule has 6 heterocycles. The molecule has 0 atom stereocenters. The molecule has 2 aliphatic rings. The normalized spacial score (nSPS) is 13.3. The molecule has 2 N–H and O–H groups in total. The maximum atomic E-state index is 12.6. The van der Waals surface area contributed by atoms with E-state index < -0.39 is 0 Å². The number of nitrogens with one attached hydrogen (secondary N) is 2. The number of benzene rings is 2. The van der Waals surface area contributed by atoms with Gasteiger partial charge in [-0.05, 0) is 98.0 Å². The molecule has 2 aromatic carbocycles. The lowest BCUT2D eigenvalue weighted by Gasteiger charge is -2.18. The summed E-state index contributed by atoms with van der Waals surface area (Å²) in [7, 11) is 2.08. The maximum Gasteiger partial charge on any atom is 0.326 e. The van der Waals surface area contributed by atoms with Gasteiger partial charge in [0, 0.05) is 84.1 Å². The smallest absolute Gasteiger partial charge is 0.326 e. The number of carbonyl (C=O) groups excluding carboxylic acids is 2. The molecule has 10 heteroatoms. The van der Waals surface area contributed by atoms with E-state index in [4.69, 9.17) is 0 Å². The van der Waals surface area contributed by atoms with Gasteiger partial charge in [-0.2, -0.15) is 0 Å². The lowest BCUT2D eigenvalue weighted by molar-refractivity contribution is 0.256. The summed E-state index contributed by atoms with van der Waals surface area (Å²) >= 11 is 0. The van der Waals surface area contributed by atoms with Gasteiger partial charge in [-0.25, -0.2) is 9.59 Å². The minimum atomic E-state index is -0.108. The van der Waals surface area contributed by atoms with Crippen LogP contribution in [0.3, 0.4) is 0 Å². The van der Waals surface area contributed by atoms with Crippen LogP contribution in [-0.4, -0.2) is 44.3 Å². The van der Waals surface area contributed by atoms with Gasteiger partial charge in [-0.1, -0.05) is 6.92 Å². The Morgan fingerprint density at radius 2 is 1.34 bits per heavy atom. The van der Waals surface area contributed by atoms with Crippen LogP contribution in [0.15, 0.2) is 91.6 Å². The third kappa shape index (κ3) is 5.90. The lowest BCUT2D eigenvalue weighted by Crippen LogP contribution is -2.33. The van der Waals surface area contributed by atoms with E-state index in [1.807, 2.05) is 34.1 Å². The SMILES string of the molecule is CCCn1ccc2cc3c(cc21)CCN3C(=O)Nc1cccnc1.Cc1cc2cc3c(cc2n1C)CCN3C(=O)Nc1cccnc1. The fourth-order valence-corrected chi connectivity index (χ4v) is 6.54. The summed E-state index contributed by atoms with van der Waals surface area (Å²) in [5.41, 5.74) is 9.59.